The van der Waals surface area contributed by atoms with Crippen LogP contribution in [-0.2, 0) is 22.6 Å². The number of hydrogen-bond donors (Lipinski definition) is 4. The second-order valence-electron chi connectivity index (χ2n) is 10.4. The Hall–Kier alpha value is -4.55. The minimum absolute atomic E-state index is 0.0421. The van der Waals surface area contributed by atoms with Crippen molar-refractivity contribution in [2.45, 2.75) is 39.3 Å². The first-order chi connectivity index (χ1) is 20.2. The standard InChI is InChI=1S/C30H31N5O6S/c1-18-15-20(23-5-3-4-6-24(23)32-18)17-41-22-9-7-21(8-10-22)33-28(37)30(16-25-31-12-14-42-25)11-13-35(29(38)39)19(2)26(30)27(36)34-40/h3-10,12,14-15,19,26,40H,11,13,16-17H2,1-2H3,(H,33,37)(H,34,36)(H,38,39)/t19?,26-,30?/m1/s1. The molecular formula is C30H31N5O6S. The number of carbonyl (C=O) groups is 3. The number of para-hydroxylation sites is 1. The van der Waals surface area contributed by atoms with Crippen LogP contribution in [0.5, 0.6) is 5.75 Å². The van der Waals surface area contributed by atoms with Gasteiger partial charge in [0.05, 0.1) is 21.9 Å². The number of fused-ring (bicyclic) bond motifs is 1. The highest BCUT2D eigenvalue weighted by atomic mass is 32.1. The third-order valence-electron chi connectivity index (χ3n) is 7.85. The molecule has 5 rings (SSSR count). The molecule has 1 aliphatic heterocycles. The van der Waals surface area contributed by atoms with Crippen molar-refractivity contribution in [3.63, 3.8) is 0 Å². The lowest BCUT2D eigenvalue weighted by atomic mass is 9.64. The number of carbonyl (C=O) groups excluding carboxylic acids is 2. The van der Waals surface area contributed by atoms with Gasteiger partial charge in [-0.2, -0.15) is 0 Å². The van der Waals surface area contributed by atoms with E-state index in [2.05, 4.69) is 15.3 Å². The predicted molar refractivity (Wildman–Crippen MR) is 156 cm³/mol. The van der Waals surface area contributed by atoms with Crippen molar-refractivity contribution >= 4 is 45.8 Å². The molecule has 12 heteroatoms. The number of pyridine rings is 1. The number of hydrogen-bond acceptors (Lipinski definition) is 8. The summed E-state index contributed by atoms with van der Waals surface area (Å²) >= 11 is 1.34. The van der Waals surface area contributed by atoms with E-state index >= 15 is 0 Å². The summed E-state index contributed by atoms with van der Waals surface area (Å²) in [4.78, 5) is 48.9. The van der Waals surface area contributed by atoms with E-state index in [1.165, 1.54) is 11.3 Å². The summed E-state index contributed by atoms with van der Waals surface area (Å²) in [5, 5.41) is 25.6. The van der Waals surface area contributed by atoms with E-state index in [1.54, 1.807) is 48.2 Å². The zero-order valence-electron chi connectivity index (χ0n) is 23.1. The number of amides is 3. The van der Waals surface area contributed by atoms with Gasteiger partial charge in [-0.15, -0.1) is 11.3 Å². The largest absolute Gasteiger partial charge is 0.489 e. The van der Waals surface area contributed by atoms with Crippen LogP contribution >= 0.6 is 11.3 Å². The second kappa shape index (κ2) is 12.1. The Morgan fingerprint density at radius 3 is 2.62 bits per heavy atom. The maximum absolute atomic E-state index is 14.0. The first-order valence-electron chi connectivity index (χ1n) is 13.4. The molecule has 0 radical (unpaired) electrons. The number of hydroxylamine groups is 1. The fourth-order valence-electron chi connectivity index (χ4n) is 5.84. The number of benzene rings is 2. The van der Waals surface area contributed by atoms with Crippen molar-refractivity contribution < 1.29 is 29.4 Å². The van der Waals surface area contributed by atoms with Gasteiger partial charge in [0, 0.05) is 52.9 Å². The monoisotopic (exact) mass is 589 g/mol. The molecule has 11 nitrogen and oxygen atoms in total. The molecule has 4 N–H and O–H groups in total. The molecule has 1 aliphatic rings. The van der Waals surface area contributed by atoms with Gasteiger partial charge < -0.3 is 20.1 Å². The van der Waals surface area contributed by atoms with Gasteiger partial charge in [0.15, 0.2) is 0 Å². The maximum Gasteiger partial charge on any atom is 0.407 e. The number of nitrogens with zero attached hydrogens (tertiary/aromatic N) is 3. The highest BCUT2D eigenvalue weighted by Gasteiger charge is 2.56. The van der Waals surface area contributed by atoms with Crippen LogP contribution in [0.15, 0.2) is 66.2 Å². The van der Waals surface area contributed by atoms with Gasteiger partial charge in [0.1, 0.15) is 12.4 Å². The van der Waals surface area contributed by atoms with E-state index in [0.29, 0.717) is 23.1 Å². The molecule has 4 aromatic rings. The van der Waals surface area contributed by atoms with Gasteiger partial charge in [-0.05, 0) is 56.7 Å². The van der Waals surface area contributed by atoms with Crippen LogP contribution in [0.4, 0.5) is 10.5 Å². The molecule has 2 aromatic carbocycles. The van der Waals surface area contributed by atoms with Crippen LogP contribution in [0.3, 0.4) is 0 Å². The summed E-state index contributed by atoms with van der Waals surface area (Å²) in [6, 6.07) is 15.9. The van der Waals surface area contributed by atoms with Crippen LogP contribution in [0.2, 0.25) is 0 Å². The Bertz CT molecular complexity index is 1600. The van der Waals surface area contributed by atoms with E-state index in [-0.39, 0.29) is 19.4 Å². The summed E-state index contributed by atoms with van der Waals surface area (Å²) in [6.45, 7) is 3.88. The molecule has 218 valence electrons. The van der Waals surface area contributed by atoms with E-state index in [9.17, 15) is 24.7 Å². The van der Waals surface area contributed by atoms with Gasteiger partial charge in [-0.25, -0.2) is 15.3 Å². The maximum atomic E-state index is 14.0. The van der Waals surface area contributed by atoms with Crippen LogP contribution in [0.25, 0.3) is 10.9 Å². The first-order valence-corrected chi connectivity index (χ1v) is 14.3. The fraction of sp³-hybridized carbons (Fsp3) is 0.300. The highest BCUT2D eigenvalue weighted by molar-refractivity contribution is 7.09. The molecule has 0 spiro atoms. The average molecular weight is 590 g/mol. The number of thiazole rings is 1. The Morgan fingerprint density at radius 2 is 1.93 bits per heavy atom. The van der Waals surface area contributed by atoms with Gasteiger partial charge in [-0.1, -0.05) is 18.2 Å². The van der Waals surface area contributed by atoms with Crippen molar-refractivity contribution in [3.8, 4) is 5.75 Å². The molecule has 3 amide bonds. The van der Waals surface area contributed by atoms with Gasteiger partial charge in [-0.3, -0.25) is 19.8 Å². The number of ether oxygens (including phenoxy) is 1. The summed E-state index contributed by atoms with van der Waals surface area (Å²) in [6.07, 6.45) is 0.574. The summed E-state index contributed by atoms with van der Waals surface area (Å²) < 4.78 is 6.04. The number of carboxylic acid groups (broad SMARTS) is 1. The quantitative estimate of drug-likeness (QED) is 0.171. The van der Waals surface area contributed by atoms with E-state index in [0.717, 1.165) is 27.1 Å². The summed E-state index contributed by atoms with van der Waals surface area (Å²) in [5.74, 6) is -1.86. The fourth-order valence-corrected chi connectivity index (χ4v) is 6.58. The molecule has 1 saturated heterocycles. The van der Waals surface area contributed by atoms with Crippen LogP contribution in [0.1, 0.15) is 29.6 Å². The lowest BCUT2D eigenvalue weighted by Crippen LogP contribution is -2.63. The number of nitrogens with one attached hydrogen (secondary N) is 2. The van der Waals surface area contributed by atoms with E-state index in [4.69, 9.17) is 4.74 Å². The first kappa shape index (κ1) is 29.0. The van der Waals surface area contributed by atoms with Crippen molar-refractivity contribution in [2.75, 3.05) is 11.9 Å². The smallest absolute Gasteiger partial charge is 0.407 e. The molecule has 0 saturated carbocycles. The van der Waals surface area contributed by atoms with Gasteiger partial charge in [0.2, 0.25) is 11.8 Å². The summed E-state index contributed by atoms with van der Waals surface area (Å²) in [7, 11) is 0. The minimum atomic E-state index is -1.37. The average Bonchev–Trinajstić information content (AvgIpc) is 3.49. The number of anilines is 1. The molecule has 0 bridgehead atoms. The predicted octanol–water partition coefficient (Wildman–Crippen LogP) is 4.64. The van der Waals surface area contributed by atoms with Crippen LogP contribution < -0.4 is 15.5 Å². The summed E-state index contributed by atoms with van der Waals surface area (Å²) in [5.41, 5.74) is 3.57. The Morgan fingerprint density at radius 1 is 1.17 bits per heavy atom. The third-order valence-corrected chi connectivity index (χ3v) is 8.62. The minimum Gasteiger partial charge on any atom is -0.489 e. The van der Waals surface area contributed by atoms with Crippen LogP contribution in [0, 0.1) is 18.3 Å². The molecule has 3 atom stereocenters. The zero-order chi connectivity index (χ0) is 29.9. The lowest BCUT2D eigenvalue weighted by Gasteiger charge is -2.48. The van der Waals surface area contributed by atoms with Crippen LogP contribution in [-0.4, -0.2) is 55.7 Å². The van der Waals surface area contributed by atoms with Gasteiger partial charge >= 0.3 is 6.09 Å². The third kappa shape index (κ3) is 5.76. The normalized spacial score (nSPS) is 20.2. The van der Waals surface area contributed by atoms with Crippen molar-refractivity contribution in [1.82, 2.24) is 20.3 Å². The number of aromatic nitrogens is 2. The molecule has 2 aromatic heterocycles. The Kier molecular flexibility index (Phi) is 8.36. The Labute approximate surface area is 246 Å². The van der Waals surface area contributed by atoms with E-state index < -0.39 is 35.3 Å². The molecule has 42 heavy (non-hydrogen) atoms. The topological polar surface area (TPSA) is 154 Å². The van der Waals surface area contributed by atoms with Crippen molar-refractivity contribution in [3.05, 3.63) is 82.4 Å². The van der Waals surface area contributed by atoms with Gasteiger partial charge in [0.25, 0.3) is 0 Å². The number of likely N-dealkylation sites (tertiary alicyclic amines) is 1. The number of piperidine rings is 1. The Balaban J connectivity index is 1.37. The highest BCUT2D eigenvalue weighted by Crippen LogP contribution is 2.44. The van der Waals surface area contributed by atoms with Crippen molar-refractivity contribution in [1.29, 1.82) is 0 Å². The van der Waals surface area contributed by atoms with E-state index in [1.807, 2.05) is 37.3 Å². The SMILES string of the molecule is Cc1cc(COc2ccc(NC(=O)C3(Cc4nccs4)CCN(C(=O)O)C(C)[C@@H]3C(=O)NO)cc2)c2ccccc2n1. The molecule has 0 aliphatic carbocycles. The zero-order valence-corrected chi connectivity index (χ0v) is 23.9. The number of aryl methyl sites for hydroxylation is 1. The number of rotatable bonds is 8. The lowest BCUT2D eigenvalue weighted by molar-refractivity contribution is -0.152. The molecule has 1 fully saturated rings. The molecular weight excluding hydrogens is 558 g/mol. The molecule has 2 unspecified atom stereocenters. The molecule has 3 heterocycles. The second-order valence-corrected chi connectivity index (χ2v) is 11.4. The van der Waals surface area contributed by atoms with Crippen molar-refractivity contribution in [2.24, 2.45) is 11.3 Å².